The van der Waals surface area contributed by atoms with Gasteiger partial charge in [0.25, 0.3) is 0 Å². The van der Waals surface area contributed by atoms with Crippen molar-refractivity contribution in [3.8, 4) is 0 Å². The quantitative estimate of drug-likeness (QED) is 0.757. The van der Waals surface area contributed by atoms with Gasteiger partial charge in [-0.25, -0.2) is 13.3 Å². The molecule has 0 heterocycles. The number of nitrogen functional groups attached to an aromatic ring is 1. The predicted octanol–water partition coefficient (Wildman–Crippen LogP) is 3.44. The van der Waals surface area contributed by atoms with Gasteiger partial charge in [-0.05, 0) is 43.0 Å². The zero-order chi connectivity index (χ0) is 15.2. The first-order valence-corrected chi connectivity index (χ1v) is 8.78. The number of hydrogen-bond acceptors (Lipinski definition) is 3. The van der Waals surface area contributed by atoms with E-state index >= 15 is 0 Å². The molecule has 0 aliphatic carbocycles. The lowest BCUT2D eigenvalue weighted by Crippen LogP contribution is -2.34. The maximum absolute atomic E-state index is 13.2. The molecule has 0 aliphatic rings. The van der Waals surface area contributed by atoms with Gasteiger partial charge in [-0.2, -0.15) is 0 Å². The summed E-state index contributed by atoms with van der Waals surface area (Å²) in [4.78, 5) is 0.708. The minimum Gasteiger partial charge on any atom is -0.399 e. The Bertz CT molecular complexity index is 512. The molecule has 0 aliphatic heterocycles. The van der Waals surface area contributed by atoms with Gasteiger partial charge >= 0.3 is 0 Å². The SMILES string of the molecule is CCC(CC)NS(=O)(=NCC(C)C)c1ccc(N)cc1. The van der Waals surface area contributed by atoms with Crippen LogP contribution in [-0.4, -0.2) is 16.8 Å². The second-order valence-corrected chi connectivity index (χ2v) is 7.45. The van der Waals surface area contributed by atoms with Crippen molar-refractivity contribution in [2.24, 2.45) is 10.3 Å². The smallest absolute Gasteiger partial charge is 0.137 e. The highest BCUT2D eigenvalue weighted by Crippen LogP contribution is 2.16. The third-order valence-corrected chi connectivity index (χ3v) is 5.21. The van der Waals surface area contributed by atoms with E-state index in [1.165, 1.54) is 0 Å². The Kier molecular flexibility index (Phi) is 6.49. The first kappa shape index (κ1) is 17.0. The molecule has 5 heteroatoms. The van der Waals surface area contributed by atoms with E-state index in [4.69, 9.17) is 5.73 Å². The number of hydrogen-bond donors (Lipinski definition) is 2. The number of nitrogens with one attached hydrogen (secondary N) is 1. The Balaban J connectivity index is 3.16. The Morgan fingerprint density at radius 2 is 1.75 bits per heavy atom. The van der Waals surface area contributed by atoms with Crippen LogP contribution >= 0.6 is 0 Å². The van der Waals surface area contributed by atoms with Crippen LogP contribution < -0.4 is 10.5 Å². The Labute approximate surface area is 123 Å². The van der Waals surface area contributed by atoms with Gasteiger partial charge in [0.2, 0.25) is 0 Å². The van der Waals surface area contributed by atoms with Gasteiger partial charge < -0.3 is 5.73 Å². The second-order valence-electron chi connectivity index (χ2n) is 5.43. The average molecular weight is 297 g/mol. The molecule has 0 fully saturated rings. The van der Waals surface area contributed by atoms with E-state index in [9.17, 15) is 4.21 Å². The molecule has 0 radical (unpaired) electrons. The summed E-state index contributed by atoms with van der Waals surface area (Å²) in [6, 6.07) is 7.35. The van der Waals surface area contributed by atoms with E-state index in [2.05, 4.69) is 36.8 Å². The van der Waals surface area contributed by atoms with Crippen LogP contribution in [0.1, 0.15) is 40.5 Å². The molecule has 0 bridgehead atoms. The molecule has 0 amide bonds. The summed E-state index contributed by atoms with van der Waals surface area (Å²) < 4.78 is 20.9. The van der Waals surface area contributed by atoms with E-state index in [0.29, 0.717) is 23.0 Å². The molecule has 1 aromatic carbocycles. The van der Waals surface area contributed by atoms with Crippen LogP contribution in [0.3, 0.4) is 0 Å². The highest BCUT2D eigenvalue weighted by atomic mass is 32.2. The van der Waals surface area contributed by atoms with Crippen LogP contribution in [-0.2, 0) is 9.92 Å². The lowest BCUT2D eigenvalue weighted by molar-refractivity contribution is 0.563. The summed E-state index contributed by atoms with van der Waals surface area (Å²) in [7, 11) is -2.58. The summed E-state index contributed by atoms with van der Waals surface area (Å²) in [5.74, 6) is 0.383. The molecule has 1 aromatic rings. The number of nitrogens with zero attached hydrogens (tertiary/aromatic N) is 1. The third kappa shape index (κ3) is 4.80. The highest BCUT2D eigenvalue weighted by Gasteiger charge is 2.16. The second kappa shape index (κ2) is 7.64. The predicted molar refractivity (Wildman–Crippen MR) is 86.9 cm³/mol. The number of nitrogens with two attached hydrogens (primary N) is 1. The molecule has 0 aromatic heterocycles. The van der Waals surface area contributed by atoms with Crippen LogP contribution in [0.4, 0.5) is 5.69 Å². The molecule has 1 rings (SSSR count). The fraction of sp³-hybridized carbons (Fsp3) is 0.600. The molecule has 3 N–H and O–H groups in total. The Morgan fingerprint density at radius 3 is 2.20 bits per heavy atom. The van der Waals surface area contributed by atoms with Crippen molar-refractivity contribution >= 4 is 15.6 Å². The van der Waals surface area contributed by atoms with Gasteiger partial charge in [-0.1, -0.05) is 27.7 Å². The minimum absolute atomic E-state index is 0.205. The van der Waals surface area contributed by atoms with Crippen LogP contribution in [0.25, 0.3) is 0 Å². The highest BCUT2D eigenvalue weighted by molar-refractivity contribution is 7.91. The molecule has 1 unspecified atom stereocenters. The van der Waals surface area contributed by atoms with Gasteiger partial charge in [-0.15, -0.1) is 0 Å². The van der Waals surface area contributed by atoms with Crippen LogP contribution in [0.2, 0.25) is 0 Å². The van der Waals surface area contributed by atoms with E-state index in [1.54, 1.807) is 24.3 Å². The fourth-order valence-electron chi connectivity index (χ4n) is 1.77. The summed E-state index contributed by atoms with van der Waals surface area (Å²) in [6.07, 6.45) is 1.86. The molecular weight excluding hydrogens is 270 g/mol. The molecular formula is C15H27N3OS. The van der Waals surface area contributed by atoms with Crippen molar-refractivity contribution in [1.29, 1.82) is 0 Å². The lowest BCUT2D eigenvalue weighted by atomic mass is 10.2. The van der Waals surface area contributed by atoms with Crippen molar-refractivity contribution in [2.45, 2.75) is 51.5 Å². The number of anilines is 1. The van der Waals surface area contributed by atoms with Crippen LogP contribution in [0.5, 0.6) is 0 Å². The maximum atomic E-state index is 13.2. The van der Waals surface area contributed by atoms with E-state index < -0.39 is 9.92 Å². The summed E-state index contributed by atoms with van der Waals surface area (Å²) in [5, 5.41) is 0. The van der Waals surface area contributed by atoms with Gasteiger partial charge in [0.15, 0.2) is 0 Å². The molecule has 0 spiro atoms. The van der Waals surface area contributed by atoms with Crippen molar-refractivity contribution in [3.05, 3.63) is 24.3 Å². The topological polar surface area (TPSA) is 67.5 Å². The average Bonchev–Trinajstić information content (AvgIpc) is 2.43. The zero-order valence-electron chi connectivity index (χ0n) is 12.9. The van der Waals surface area contributed by atoms with E-state index in [0.717, 1.165) is 12.8 Å². The van der Waals surface area contributed by atoms with Crippen molar-refractivity contribution in [3.63, 3.8) is 0 Å². The zero-order valence-corrected chi connectivity index (χ0v) is 13.7. The number of benzene rings is 1. The minimum atomic E-state index is -2.58. The van der Waals surface area contributed by atoms with Gasteiger partial charge in [0, 0.05) is 11.7 Å². The lowest BCUT2D eigenvalue weighted by Gasteiger charge is -2.19. The van der Waals surface area contributed by atoms with Crippen molar-refractivity contribution < 1.29 is 4.21 Å². The monoisotopic (exact) mass is 297 g/mol. The molecule has 4 nitrogen and oxygen atoms in total. The van der Waals surface area contributed by atoms with Crippen molar-refractivity contribution in [1.82, 2.24) is 4.72 Å². The van der Waals surface area contributed by atoms with Gasteiger partial charge in [0.1, 0.15) is 9.92 Å². The molecule has 20 heavy (non-hydrogen) atoms. The normalized spacial score (nSPS) is 14.5. The Morgan fingerprint density at radius 1 is 1.20 bits per heavy atom. The summed E-state index contributed by atoms with van der Waals surface area (Å²) in [5.41, 5.74) is 6.37. The third-order valence-electron chi connectivity index (χ3n) is 3.13. The largest absolute Gasteiger partial charge is 0.399 e. The molecule has 0 saturated heterocycles. The van der Waals surface area contributed by atoms with Crippen LogP contribution in [0, 0.1) is 5.92 Å². The standard InChI is InChI=1S/C15H27N3OS/c1-5-14(6-2)18-20(19,17-11-12(3)4)15-9-7-13(16)8-10-15/h7-10,12,14H,5-6,11,16H2,1-4H3,(H,17,18,19). The van der Waals surface area contributed by atoms with Crippen molar-refractivity contribution in [2.75, 3.05) is 12.3 Å². The van der Waals surface area contributed by atoms with Gasteiger partial charge in [0.05, 0.1) is 11.4 Å². The summed E-state index contributed by atoms with van der Waals surface area (Å²) in [6.45, 7) is 8.90. The van der Waals surface area contributed by atoms with E-state index in [-0.39, 0.29) is 6.04 Å². The number of rotatable bonds is 7. The molecule has 0 saturated carbocycles. The van der Waals surface area contributed by atoms with Crippen LogP contribution in [0.15, 0.2) is 33.5 Å². The fourth-order valence-corrected chi connectivity index (χ4v) is 3.93. The molecule has 1 atom stereocenters. The first-order valence-electron chi connectivity index (χ1n) is 7.27. The van der Waals surface area contributed by atoms with E-state index in [1.807, 2.05) is 0 Å². The first-order chi connectivity index (χ1) is 9.41. The molecule has 114 valence electrons. The summed E-state index contributed by atoms with van der Waals surface area (Å²) >= 11 is 0. The maximum Gasteiger partial charge on any atom is 0.137 e. The Hall–Kier alpha value is -1.07. The van der Waals surface area contributed by atoms with Gasteiger partial charge in [-0.3, -0.25) is 0 Å².